The number of fused-ring (bicyclic) bond motifs is 1. The maximum Gasteiger partial charge on any atom is 0.192 e. The van der Waals surface area contributed by atoms with Gasteiger partial charge in [-0.1, -0.05) is 17.3 Å². The second kappa shape index (κ2) is 3.54. The minimum absolute atomic E-state index is 0.0799. The van der Waals surface area contributed by atoms with Crippen LogP contribution >= 0.6 is 0 Å². The zero-order valence-electron chi connectivity index (χ0n) is 8.12. The van der Waals surface area contributed by atoms with E-state index in [9.17, 15) is 5.21 Å². The van der Waals surface area contributed by atoms with Crippen LogP contribution in [0.1, 0.15) is 5.69 Å². The molecule has 2 aromatic rings. The summed E-state index contributed by atoms with van der Waals surface area (Å²) in [5.41, 5.74) is 5.75. The monoisotopic (exact) mass is 219 g/mol. The van der Waals surface area contributed by atoms with Crippen molar-refractivity contribution in [2.45, 2.75) is 0 Å². The average molecular weight is 219 g/mol. The first-order valence-electron chi connectivity index (χ1n) is 4.38. The van der Waals surface area contributed by atoms with E-state index in [1.807, 2.05) is 0 Å². The number of aromatic nitrogens is 2. The quantitative estimate of drug-likeness (QED) is 0.175. The van der Waals surface area contributed by atoms with E-state index in [0.717, 1.165) is 0 Å². The number of nitrogens with one attached hydrogen (secondary N) is 1. The van der Waals surface area contributed by atoms with Crippen molar-refractivity contribution in [3.8, 4) is 0 Å². The Labute approximate surface area is 89.5 Å². The Bertz CT molecular complexity index is 631. The number of hydrogen-bond acceptors (Lipinski definition) is 5. The van der Waals surface area contributed by atoms with Crippen LogP contribution in [0.15, 0.2) is 29.4 Å². The van der Waals surface area contributed by atoms with Crippen LogP contribution in [0.2, 0.25) is 0 Å². The maximum atomic E-state index is 9.68. The van der Waals surface area contributed by atoms with Crippen molar-refractivity contribution in [1.29, 1.82) is 5.41 Å². The third-order valence-electron chi connectivity index (χ3n) is 2.13. The van der Waals surface area contributed by atoms with Crippen LogP contribution in [0.4, 0.5) is 0 Å². The molecule has 2 rings (SSSR count). The SMILES string of the molecule is N=c1c(/C(N)=N/O)nc2ccccc2n1O. The Morgan fingerprint density at radius 3 is 2.81 bits per heavy atom. The number of rotatable bonds is 1. The lowest BCUT2D eigenvalue weighted by Crippen LogP contribution is -2.31. The van der Waals surface area contributed by atoms with E-state index in [-0.39, 0.29) is 17.0 Å². The number of nitrogens with zero attached hydrogens (tertiary/aromatic N) is 3. The topological polar surface area (TPSA) is 121 Å². The second-order valence-electron chi connectivity index (χ2n) is 3.09. The van der Waals surface area contributed by atoms with Crippen molar-refractivity contribution in [3.63, 3.8) is 0 Å². The summed E-state index contributed by atoms with van der Waals surface area (Å²) in [6.45, 7) is 0. The molecule has 0 fully saturated rings. The predicted molar refractivity (Wildman–Crippen MR) is 55.3 cm³/mol. The van der Waals surface area contributed by atoms with E-state index >= 15 is 0 Å². The molecule has 0 saturated carbocycles. The second-order valence-corrected chi connectivity index (χ2v) is 3.09. The summed E-state index contributed by atoms with van der Waals surface area (Å²) in [5.74, 6) is -0.321. The van der Waals surface area contributed by atoms with Crippen LogP contribution in [-0.2, 0) is 0 Å². The van der Waals surface area contributed by atoms with Gasteiger partial charge in [0.15, 0.2) is 17.0 Å². The van der Waals surface area contributed by atoms with E-state index < -0.39 is 0 Å². The molecule has 1 heterocycles. The molecule has 0 bridgehead atoms. The summed E-state index contributed by atoms with van der Waals surface area (Å²) in [7, 11) is 0. The highest BCUT2D eigenvalue weighted by molar-refractivity contribution is 5.96. The Hall–Kier alpha value is -2.57. The number of oxime groups is 1. The van der Waals surface area contributed by atoms with Crippen molar-refractivity contribution in [2.24, 2.45) is 10.9 Å². The zero-order valence-corrected chi connectivity index (χ0v) is 8.12. The number of hydrogen-bond donors (Lipinski definition) is 4. The maximum absolute atomic E-state index is 9.68. The Balaban J connectivity index is 2.90. The highest BCUT2D eigenvalue weighted by atomic mass is 16.5. The summed E-state index contributed by atoms with van der Waals surface area (Å²) in [4.78, 5) is 4.02. The molecule has 1 aromatic carbocycles. The third kappa shape index (κ3) is 1.34. The van der Waals surface area contributed by atoms with Crippen molar-refractivity contribution in [2.75, 3.05) is 0 Å². The fraction of sp³-hybridized carbons (Fsp3) is 0. The fourth-order valence-electron chi connectivity index (χ4n) is 1.36. The van der Waals surface area contributed by atoms with Crippen LogP contribution in [0.5, 0.6) is 0 Å². The summed E-state index contributed by atoms with van der Waals surface area (Å²) in [5, 5.41) is 28.5. The van der Waals surface area contributed by atoms with Crippen LogP contribution in [0, 0.1) is 5.41 Å². The van der Waals surface area contributed by atoms with Crippen LogP contribution < -0.4 is 11.2 Å². The average Bonchev–Trinajstić information content (AvgIpc) is 2.33. The van der Waals surface area contributed by atoms with Gasteiger partial charge in [0.25, 0.3) is 0 Å². The van der Waals surface area contributed by atoms with Crippen LogP contribution in [0.3, 0.4) is 0 Å². The first-order chi connectivity index (χ1) is 7.65. The molecule has 0 amide bonds. The lowest BCUT2D eigenvalue weighted by Gasteiger charge is -2.06. The summed E-state index contributed by atoms with van der Waals surface area (Å²) in [6, 6.07) is 6.69. The van der Waals surface area contributed by atoms with Gasteiger partial charge in [-0.05, 0) is 12.1 Å². The molecule has 7 nitrogen and oxygen atoms in total. The normalized spacial score (nSPS) is 11.9. The van der Waals surface area contributed by atoms with E-state index in [1.165, 1.54) is 0 Å². The summed E-state index contributed by atoms with van der Waals surface area (Å²) < 4.78 is 0.635. The van der Waals surface area contributed by atoms with Gasteiger partial charge in [0, 0.05) is 0 Å². The largest absolute Gasteiger partial charge is 0.426 e. The van der Waals surface area contributed by atoms with Crippen molar-refractivity contribution < 1.29 is 10.4 Å². The van der Waals surface area contributed by atoms with Crippen molar-refractivity contribution in [3.05, 3.63) is 35.4 Å². The lowest BCUT2D eigenvalue weighted by atomic mass is 10.3. The molecule has 5 N–H and O–H groups in total. The molecule has 16 heavy (non-hydrogen) atoms. The Morgan fingerprint density at radius 1 is 1.44 bits per heavy atom. The predicted octanol–water partition coefficient (Wildman–Crippen LogP) is -0.152. The van der Waals surface area contributed by atoms with Crippen LogP contribution in [0.25, 0.3) is 11.0 Å². The molecule has 0 saturated heterocycles. The highest BCUT2D eigenvalue weighted by Gasteiger charge is 2.10. The van der Waals surface area contributed by atoms with Crippen LogP contribution in [-0.4, -0.2) is 26.0 Å². The van der Waals surface area contributed by atoms with Gasteiger partial charge in [-0.3, -0.25) is 5.41 Å². The number of nitrogens with two attached hydrogens (primary N) is 1. The van der Waals surface area contributed by atoms with Crippen molar-refractivity contribution >= 4 is 16.9 Å². The van der Waals surface area contributed by atoms with Gasteiger partial charge >= 0.3 is 0 Å². The molecule has 0 aliphatic carbocycles. The van der Waals surface area contributed by atoms with Gasteiger partial charge in [-0.15, -0.1) is 0 Å². The molecular weight excluding hydrogens is 210 g/mol. The van der Waals surface area contributed by atoms with Gasteiger partial charge in [0.2, 0.25) is 0 Å². The number of para-hydroxylation sites is 2. The van der Waals surface area contributed by atoms with Gasteiger partial charge < -0.3 is 16.1 Å². The minimum Gasteiger partial charge on any atom is -0.426 e. The van der Waals surface area contributed by atoms with Gasteiger partial charge in [0.05, 0.1) is 5.52 Å². The minimum atomic E-state index is -0.339. The smallest absolute Gasteiger partial charge is 0.192 e. The zero-order chi connectivity index (χ0) is 11.7. The molecule has 0 aliphatic rings. The van der Waals surface area contributed by atoms with Gasteiger partial charge in [0.1, 0.15) is 5.52 Å². The van der Waals surface area contributed by atoms with E-state index in [4.69, 9.17) is 16.4 Å². The molecule has 0 aliphatic heterocycles. The van der Waals surface area contributed by atoms with Crippen molar-refractivity contribution in [1.82, 2.24) is 9.71 Å². The molecule has 7 heteroatoms. The molecular formula is C9H9N5O2. The van der Waals surface area contributed by atoms with E-state index in [1.54, 1.807) is 24.3 Å². The molecule has 1 aromatic heterocycles. The van der Waals surface area contributed by atoms with E-state index in [0.29, 0.717) is 15.8 Å². The fourth-order valence-corrected chi connectivity index (χ4v) is 1.36. The molecule has 0 unspecified atom stereocenters. The summed E-state index contributed by atoms with van der Waals surface area (Å²) in [6.07, 6.45) is 0. The lowest BCUT2D eigenvalue weighted by molar-refractivity contribution is 0.183. The van der Waals surface area contributed by atoms with Gasteiger partial charge in [-0.25, -0.2) is 4.98 Å². The first-order valence-corrected chi connectivity index (χ1v) is 4.38. The molecule has 0 radical (unpaired) electrons. The number of benzene rings is 1. The Morgan fingerprint density at radius 2 is 2.12 bits per heavy atom. The summed E-state index contributed by atoms with van der Waals surface area (Å²) >= 11 is 0. The standard InChI is InChI=1S/C9H9N5O2/c10-8(13-15)7-9(11)14(16)6-4-2-1-3-5(6)12-7/h1-4,11,15-16H,(H2,10,13). The van der Waals surface area contributed by atoms with E-state index in [2.05, 4.69) is 10.1 Å². The van der Waals surface area contributed by atoms with Gasteiger partial charge in [-0.2, -0.15) is 4.73 Å². The molecule has 0 atom stereocenters. The molecule has 82 valence electrons. The highest BCUT2D eigenvalue weighted by Crippen LogP contribution is 2.07. The number of amidine groups is 1. The molecule has 0 spiro atoms. The first kappa shape index (κ1) is 9.97. The third-order valence-corrected chi connectivity index (χ3v) is 2.13. The Kier molecular flexibility index (Phi) is 2.20.